The standard InChI is InChI=1S/C21H28FN3O3/c1-15(24-8-10-28-11-9-24)20(27)25-13-18(16-4-2-5-17(22)12-16)21(14-25)7-3-6-19(26)23-21/h2,4-5,12,15,18H,3,6-11,13-14H2,1H3,(H,23,26)/t15?,18-,21+/m0/s1. The van der Waals surface area contributed by atoms with Gasteiger partial charge in [0, 0.05) is 38.5 Å². The molecular weight excluding hydrogens is 361 g/mol. The zero-order valence-electron chi connectivity index (χ0n) is 16.3. The molecule has 3 aliphatic rings. The monoisotopic (exact) mass is 389 g/mol. The van der Waals surface area contributed by atoms with Crippen molar-refractivity contribution < 1.29 is 18.7 Å². The van der Waals surface area contributed by atoms with Crippen molar-refractivity contribution in [1.82, 2.24) is 15.1 Å². The van der Waals surface area contributed by atoms with E-state index in [1.807, 2.05) is 17.9 Å². The Balaban J connectivity index is 1.58. The van der Waals surface area contributed by atoms with Gasteiger partial charge >= 0.3 is 0 Å². The van der Waals surface area contributed by atoms with Crippen LogP contribution in [-0.4, -0.2) is 72.6 Å². The molecule has 152 valence electrons. The fourth-order valence-corrected chi connectivity index (χ4v) is 4.96. The van der Waals surface area contributed by atoms with Gasteiger partial charge in [0.05, 0.1) is 24.8 Å². The van der Waals surface area contributed by atoms with E-state index in [0.29, 0.717) is 32.7 Å². The summed E-state index contributed by atoms with van der Waals surface area (Å²) >= 11 is 0. The molecule has 3 saturated heterocycles. The number of carbonyl (C=O) groups is 2. The van der Waals surface area contributed by atoms with Crippen molar-refractivity contribution >= 4 is 11.8 Å². The zero-order chi connectivity index (χ0) is 19.7. The quantitative estimate of drug-likeness (QED) is 0.851. The number of hydrogen-bond donors (Lipinski definition) is 1. The number of rotatable bonds is 3. The number of likely N-dealkylation sites (tertiary alicyclic amines) is 1. The minimum Gasteiger partial charge on any atom is -0.379 e. The van der Waals surface area contributed by atoms with Crippen LogP contribution in [0.15, 0.2) is 24.3 Å². The summed E-state index contributed by atoms with van der Waals surface area (Å²) in [5.41, 5.74) is 0.334. The molecule has 3 atom stereocenters. The topological polar surface area (TPSA) is 61.9 Å². The first-order chi connectivity index (χ1) is 13.5. The smallest absolute Gasteiger partial charge is 0.239 e. The number of piperidine rings is 1. The predicted octanol–water partition coefficient (Wildman–Crippen LogP) is 1.51. The summed E-state index contributed by atoms with van der Waals surface area (Å²) < 4.78 is 19.3. The molecule has 2 amide bonds. The average Bonchev–Trinajstić information content (AvgIpc) is 3.05. The second-order valence-corrected chi connectivity index (χ2v) is 8.21. The Hall–Kier alpha value is -1.99. The molecule has 28 heavy (non-hydrogen) atoms. The van der Waals surface area contributed by atoms with Crippen LogP contribution in [0, 0.1) is 5.82 Å². The molecule has 7 heteroatoms. The average molecular weight is 389 g/mol. The predicted molar refractivity (Wildman–Crippen MR) is 102 cm³/mol. The number of benzene rings is 1. The van der Waals surface area contributed by atoms with E-state index in [2.05, 4.69) is 10.2 Å². The molecular formula is C21H28FN3O3. The molecule has 4 rings (SSSR count). The van der Waals surface area contributed by atoms with Gasteiger partial charge in [0.2, 0.25) is 11.8 Å². The molecule has 0 aliphatic carbocycles. The summed E-state index contributed by atoms with van der Waals surface area (Å²) in [6.45, 7) is 5.69. The van der Waals surface area contributed by atoms with Crippen LogP contribution in [-0.2, 0) is 14.3 Å². The fraction of sp³-hybridized carbons (Fsp3) is 0.619. The van der Waals surface area contributed by atoms with Crippen LogP contribution in [0.1, 0.15) is 37.7 Å². The number of nitrogens with zero attached hydrogens (tertiary/aromatic N) is 2. The molecule has 3 fully saturated rings. The van der Waals surface area contributed by atoms with Crippen LogP contribution in [0.3, 0.4) is 0 Å². The molecule has 3 heterocycles. The molecule has 0 radical (unpaired) electrons. The van der Waals surface area contributed by atoms with Crippen molar-refractivity contribution in [3.05, 3.63) is 35.6 Å². The molecule has 0 saturated carbocycles. The third-order valence-electron chi connectivity index (χ3n) is 6.47. The zero-order valence-corrected chi connectivity index (χ0v) is 16.3. The first kappa shape index (κ1) is 19.3. The third kappa shape index (κ3) is 3.65. The van der Waals surface area contributed by atoms with E-state index in [9.17, 15) is 14.0 Å². The molecule has 1 aromatic rings. The summed E-state index contributed by atoms with van der Waals surface area (Å²) in [7, 11) is 0. The second-order valence-electron chi connectivity index (χ2n) is 8.21. The highest BCUT2D eigenvalue weighted by Gasteiger charge is 2.51. The summed E-state index contributed by atoms with van der Waals surface area (Å²) in [5, 5.41) is 3.17. The lowest BCUT2D eigenvalue weighted by molar-refractivity contribution is -0.137. The number of nitrogens with one attached hydrogen (secondary N) is 1. The molecule has 3 aliphatic heterocycles. The van der Waals surface area contributed by atoms with Crippen LogP contribution >= 0.6 is 0 Å². The van der Waals surface area contributed by atoms with Crippen molar-refractivity contribution in [2.75, 3.05) is 39.4 Å². The molecule has 6 nitrogen and oxygen atoms in total. The van der Waals surface area contributed by atoms with E-state index in [4.69, 9.17) is 4.74 Å². The van der Waals surface area contributed by atoms with E-state index < -0.39 is 5.54 Å². The van der Waals surface area contributed by atoms with Gasteiger partial charge in [-0.25, -0.2) is 4.39 Å². The largest absolute Gasteiger partial charge is 0.379 e. The number of halogens is 1. The summed E-state index contributed by atoms with van der Waals surface area (Å²) in [5.74, 6) is -0.308. The summed E-state index contributed by atoms with van der Waals surface area (Å²) in [4.78, 5) is 29.5. The molecule has 1 unspecified atom stereocenters. The number of morpholine rings is 1. The third-order valence-corrected chi connectivity index (χ3v) is 6.47. The van der Waals surface area contributed by atoms with Gasteiger partial charge in [-0.05, 0) is 37.5 Å². The maximum absolute atomic E-state index is 13.9. The van der Waals surface area contributed by atoms with Gasteiger partial charge in [0.1, 0.15) is 5.82 Å². The Morgan fingerprint density at radius 1 is 1.36 bits per heavy atom. The Kier molecular flexibility index (Phi) is 5.38. The van der Waals surface area contributed by atoms with E-state index in [1.165, 1.54) is 12.1 Å². The van der Waals surface area contributed by atoms with Crippen LogP contribution in [0.5, 0.6) is 0 Å². The van der Waals surface area contributed by atoms with Crippen molar-refractivity contribution in [2.45, 2.75) is 43.7 Å². The van der Waals surface area contributed by atoms with E-state index >= 15 is 0 Å². The number of amides is 2. The van der Waals surface area contributed by atoms with Crippen molar-refractivity contribution in [3.8, 4) is 0 Å². The first-order valence-electron chi connectivity index (χ1n) is 10.2. The number of carbonyl (C=O) groups excluding carboxylic acids is 2. The van der Waals surface area contributed by atoms with Gasteiger partial charge in [-0.2, -0.15) is 0 Å². The Morgan fingerprint density at radius 3 is 2.86 bits per heavy atom. The molecule has 0 bridgehead atoms. The lowest BCUT2D eigenvalue weighted by Crippen LogP contribution is -2.57. The number of hydrogen-bond acceptors (Lipinski definition) is 4. The van der Waals surface area contributed by atoms with Crippen molar-refractivity contribution in [2.24, 2.45) is 0 Å². The maximum Gasteiger partial charge on any atom is 0.239 e. The van der Waals surface area contributed by atoms with Crippen LogP contribution in [0.4, 0.5) is 4.39 Å². The van der Waals surface area contributed by atoms with Crippen LogP contribution in [0.2, 0.25) is 0 Å². The molecule has 0 aromatic heterocycles. The lowest BCUT2D eigenvalue weighted by Gasteiger charge is -2.39. The van der Waals surface area contributed by atoms with Gasteiger partial charge in [-0.1, -0.05) is 12.1 Å². The van der Waals surface area contributed by atoms with Crippen LogP contribution < -0.4 is 5.32 Å². The maximum atomic E-state index is 13.9. The lowest BCUT2D eigenvalue weighted by atomic mass is 9.76. The van der Waals surface area contributed by atoms with Gasteiger partial charge in [-0.15, -0.1) is 0 Å². The van der Waals surface area contributed by atoms with Crippen molar-refractivity contribution in [1.29, 1.82) is 0 Å². The molecule has 1 aromatic carbocycles. The fourth-order valence-electron chi connectivity index (χ4n) is 4.96. The highest BCUT2D eigenvalue weighted by molar-refractivity contribution is 5.83. The van der Waals surface area contributed by atoms with E-state index in [1.54, 1.807) is 6.07 Å². The normalized spacial score (nSPS) is 29.7. The summed E-state index contributed by atoms with van der Waals surface area (Å²) in [6.07, 6.45) is 2.10. The van der Waals surface area contributed by atoms with Crippen LogP contribution in [0.25, 0.3) is 0 Å². The Labute approximate surface area is 165 Å². The van der Waals surface area contributed by atoms with Gasteiger partial charge in [-0.3, -0.25) is 14.5 Å². The van der Waals surface area contributed by atoms with E-state index in [0.717, 1.165) is 31.5 Å². The molecule has 1 spiro atoms. The first-order valence-corrected chi connectivity index (χ1v) is 10.2. The highest BCUT2D eigenvalue weighted by Crippen LogP contribution is 2.41. The number of ether oxygens (including phenoxy) is 1. The highest BCUT2D eigenvalue weighted by atomic mass is 19.1. The molecule has 1 N–H and O–H groups in total. The summed E-state index contributed by atoms with van der Waals surface area (Å²) in [6, 6.07) is 6.33. The van der Waals surface area contributed by atoms with Gasteiger partial charge in [0.15, 0.2) is 0 Å². The SMILES string of the molecule is CC(C(=O)N1C[C@@H](c2cccc(F)c2)[C@@]2(CCCC(=O)N2)C1)N1CCOCC1. The second kappa shape index (κ2) is 7.79. The Morgan fingerprint density at radius 2 is 2.14 bits per heavy atom. The minimum atomic E-state index is -0.510. The van der Waals surface area contributed by atoms with Gasteiger partial charge < -0.3 is 15.0 Å². The van der Waals surface area contributed by atoms with Crippen molar-refractivity contribution in [3.63, 3.8) is 0 Å². The van der Waals surface area contributed by atoms with E-state index in [-0.39, 0.29) is 29.6 Å². The Bertz CT molecular complexity index is 752. The van der Waals surface area contributed by atoms with Gasteiger partial charge in [0.25, 0.3) is 0 Å². The minimum absolute atomic E-state index is 0.0168.